The molecule has 21 heavy (non-hydrogen) atoms. The highest BCUT2D eigenvalue weighted by Crippen LogP contribution is 2.22. The van der Waals surface area contributed by atoms with Gasteiger partial charge in [0, 0.05) is 10.6 Å². The van der Waals surface area contributed by atoms with Gasteiger partial charge in [-0.15, -0.1) is 11.3 Å². The number of thiophene rings is 1. The summed E-state index contributed by atoms with van der Waals surface area (Å²) in [5.74, 6) is -0.507. The molecule has 2 aromatic heterocycles. The normalized spacial score (nSPS) is 10.7. The van der Waals surface area contributed by atoms with E-state index in [4.69, 9.17) is 11.6 Å². The minimum Gasteiger partial charge on any atom is -0.295 e. The Morgan fingerprint density at radius 1 is 1.29 bits per heavy atom. The van der Waals surface area contributed by atoms with E-state index < -0.39 is 5.76 Å². The van der Waals surface area contributed by atoms with Crippen molar-refractivity contribution >= 4 is 28.7 Å². The third-order valence-corrected chi connectivity index (χ3v) is 4.01. The standard InChI is InChI=1S/C14H9ClN2O3S/c15-10-5-3-9(4-6-10)11(18)8-17-13(16-20-14(17)19)12-2-1-7-21-12/h1-7H,8H2. The highest BCUT2D eigenvalue weighted by Gasteiger charge is 2.17. The first-order chi connectivity index (χ1) is 10.1. The molecule has 3 aromatic rings. The monoisotopic (exact) mass is 320 g/mol. The summed E-state index contributed by atoms with van der Waals surface area (Å²) in [4.78, 5) is 24.7. The Bertz CT molecular complexity index is 819. The van der Waals surface area contributed by atoms with E-state index in [0.717, 1.165) is 4.88 Å². The molecule has 0 bridgehead atoms. The van der Waals surface area contributed by atoms with Gasteiger partial charge in [-0.05, 0) is 35.7 Å². The molecule has 0 N–H and O–H groups in total. The summed E-state index contributed by atoms with van der Waals surface area (Å²) in [6.45, 7) is -0.128. The second-order valence-electron chi connectivity index (χ2n) is 4.27. The molecule has 106 valence electrons. The minimum atomic E-state index is -0.652. The van der Waals surface area contributed by atoms with Gasteiger partial charge >= 0.3 is 5.76 Å². The van der Waals surface area contributed by atoms with E-state index in [1.54, 1.807) is 24.3 Å². The number of hydrogen-bond acceptors (Lipinski definition) is 5. The molecule has 0 aliphatic heterocycles. The van der Waals surface area contributed by atoms with E-state index in [-0.39, 0.29) is 12.3 Å². The summed E-state index contributed by atoms with van der Waals surface area (Å²) in [6, 6.07) is 10.1. The van der Waals surface area contributed by atoms with Gasteiger partial charge in [0.25, 0.3) is 0 Å². The van der Waals surface area contributed by atoms with Crippen molar-refractivity contribution in [1.29, 1.82) is 0 Å². The molecule has 3 rings (SSSR count). The molecule has 0 radical (unpaired) electrons. The molecule has 0 aliphatic carbocycles. The smallest absolute Gasteiger partial charge is 0.295 e. The first-order valence-electron chi connectivity index (χ1n) is 6.04. The fourth-order valence-corrected chi connectivity index (χ4v) is 2.70. The molecule has 0 fully saturated rings. The molecular weight excluding hydrogens is 312 g/mol. The highest BCUT2D eigenvalue weighted by atomic mass is 35.5. The van der Waals surface area contributed by atoms with Crippen molar-refractivity contribution in [3.05, 3.63) is 62.9 Å². The number of aromatic nitrogens is 2. The van der Waals surface area contributed by atoms with Gasteiger partial charge in [0.15, 0.2) is 11.6 Å². The summed E-state index contributed by atoms with van der Waals surface area (Å²) in [6.07, 6.45) is 0. The average Bonchev–Trinajstić information content (AvgIpc) is 3.10. The largest absolute Gasteiger partial charge is 0.442 e. The number of rotatable bonds is 4. The van der Waals surface area contributed by atoms with Crippen LogP contribution in [0.2, 0.25) is 5.02 Å². The maximum atomic E-state index is 12.2. The number of Topliss-reactive ketones (excluding diaryl/α,β-unsaturated/α-hetero) is 1. The van der Waals surface area contributed by atoms with Gasteiger partial charge in [-0.3, -0.25) is 9.32 Å². The number of carbonyl (C=O) groups excluding carboxylic acids is 1. The topological polar surface area (TPSA) is 65.1 Å². The second kappa shape index (κ2) is 5.67. The highest BCUT2D eigenvalue weighted by molar-refractivity contribution is 7.13. The maximum Gasteiger partial charge on any atom is 0.442 e. The molecule has 0 unspecified atom stereocenters. The van der Waals surface area contributed by atoms with E-state index in [1.807, 2.05) is 17.5 Å². The van der Waals surface area contributed by atoms with Gasteiger partial charge in [-0.2, -0.15) is 0 Å². The van der Waals surface area contributed by atoms with Crippen molar-refractivity contribution < 1.29 is 9.32 Å². The fraction of sp³-hybridized carbons (Fsp3) is 0.0714. The Labute approximate surface area is 128 Å². The number of nitrogens with zero attached hydrogens (tertiary/aromatic N) is 2. The predicted octanol–water partition coefficient (Wildman–Crippen LogP) is 3.10. The molecule has 0 atom stereocenters. The van der Waals surface area contributed by atoms with E-state index in [1.165, 1.54) is 15.9 Å². The van der Waals surface area contributed by atoms with Crippen LogP contribution in [0.1, 0.15) is 10.4 Å². The molecule has 0 aliphatic rings. The van der Waals surface area contributed by atoms with Crippen molar-refractivity contribution in [3.63, 3.8) is 0 Å². The Morgan fingerprint density at radius 3 is 2.71 bits per heavy atom. The van der Waals surface area contributed by atoms with Gasteiger partial charge in [-0.1, -0.05) is 22.8 Å². The first kappa shape index (κ1) is 13.8. The van der Waals surface area contributed by atoms with Crippen LogP contribution in [0.5, 0.6) is 0 Å². The lowest BCUT2D eigenvalue weighted by Crippen LogP contribution is -2.21. The number of halogens is 1. The zero-order chi connectivity index (χ0) is 14.8. The van der Waals surface area contributed by atoms with Crippen molar-refractivity contribution in [1.82, 2.24) is 9.72 Å². The van der Waals surface area contributed by atoms with E-state index in [0.29, 0.717) is 16.4 Å². The molecule has 0 saturated carbocycles. The summed E-state index contributed by atoms with van der Waals surface area (Å²) in [5, 5.41) is 6.14. The summed E-state index contributed by atoms with van der Waals surface area (Å²) in [7, 11) is 0. The van der Waals surface area contributed by atoms with Crippen LogP contribution in [0, 0.1) is 0 Å². The number of ketones is 1. The Kier molecular flexibility index (Phi) is 3.72. The van der Waals surface area contributed by atoms with Crippen LogP contribution in [-0.2, 0) is 6.54 Å². The van der Waals surface area contributed by atoms with Crippen LogP contribution in [0.15, 0.2) is 51.1 Å². The Morgan fingerprint density at radius 2 is 2.05 bits per heavy atom. The lowest BCUT2D eigenvalue weighted by molar-refractivity contribution is 0.0970. The molecule has 0 spiro atoms. The average molecular weight is 321 g/mol. The second-order valence-corrected chi connectivity index (χ2v) is 5.65. The third-order valence-electron chi connectivity index (χ3n) is 2.90. The first-order valence-corrected chi connectivity index (χ1v) is 7.30. The number of benzene rings is 1. The lowest BCUT2D eigenvalue weighted by Gasteiger charge is -2.03. The number of hydrogen-bond donors (Lipinski definition) is 0. The summed E-state index contributed by atoms with van der Waals surface area (Å²) in [5.41, 5.74) is 0.477. The zero-order valence-corrected chi connectivity index (χ0v) is 12.2. The van der Waals surface area contributed by atoms with Gasteiger partial charge in [0.1, 0.15) is 0 Å². The van der Waals surface area contributed by atoms with Gasteiger partial charge in [0.05, 0.1) is 11.4 Å². The minimum absolute atomic E-state index is 0.128. The van der Waals surface area contributed by atoms with Gasteiger partial charge < -0.3 is 0 Å². The quantitative estimate of drug-likeness (QED) is 0.693. The molecule has 0 amide bonds. The summed E-state index contributed by atoms with van der Waals surface area (Å²) >= 11 is 7.20. The SMILES string of the molecule is O=C(Cn1c(-c2cccs2)noc1=O)c1ccc(Cl)cc1. The van der Waals surface area contributed by atoms with Crippen LogP contribution in [0.25, 0.3) is 10.7 Å². The molecule has 2 heterocycles. The van der Waals surface area contributed by atoms with Crippen molar-refractivity contribution in [2.75, 3.05) is 0 Å². The van der Waals surface area contributed by atoms with Crippen molar-refractivity contribution in [2.45, 2.75) is 6.54 Å². The Balaban J connectivity index is 1.92. The molecule has 0 saturated heterocycles. The van der Waals surface area contributed by atoms with Crippen molar-refractivity contribution in [2.24, 2.45) is 0 Å². The van der Waals surface area contributed by atoms with Crippen LogP contribution in [0.4, 0.5) is 0 Å². The van der Waals surface area contributed by atoms with E-state index >= 15 is 0 Å². The van der Waals surface area contributed by atoms with E-state index in [9.17, 15) is 9.59 Å². The molecular formula is C14H9ClN2O3S. The van der Waals surface area contributed by atoms with Gasteiger partial charge in [0.2, 0.25) is 0 Å². The molecule has 7 heteroatoms. The number of carbonyl (C=O) groups is 1. The lowest BCUT2D eigenvalue weighted by atomic mass is 10.1. The van der Waals surface area contributed by atoms with Crippen LogP contribution in [0.3, 0.4) is 0 Å². The van der Waals surface area contributed by atoms with E-state index in [2.05, 4.69) is 9.68 Å². The molecule has 1 aromatic carbocycles. The fourth-order valence-electron chi connectivity index (χ4n) is 1.86. The predicted molar refractivity (Wildman–Crippen MR) is 79.9 cm³/mol. The maximum absolute atomic E-state index is 12.2. The molecule has 5 nitrogen and oxygen atoms in total. The van der Waals surface area contributed by atoms with Crippen molar-refractivity contribution in [3.8, 4) is 10.7 Å². The van der Waals surface area contributed by atoms with Crippen LogP contribution < -0.4 is 5.76 Å². The Hall–Kier alpha value is -2.18. The zero-order valence-electron chi connectivity index (χ0n) is 10.7. The van der Waals surface area contributed by atoms with Gasteiger partial charge in [-0.25, -0.2) is 9.36 Å². The summed E-state index contributed by atoms with van der Waals surface area (Å²) < 4.78 is 5.89. The third kappa shape index (κ3) is 2.81. The van der Waals surface area contributed by atoms with Crippen LogP contribution in [-0.4, -0.2) is 15.5 Å². The van der Waals surface area contributed by atoms with Crippen LogP contribution >= 0.6 is 22.9 Å².